The number of benzene rings is 2. The van der Waals surface area contributed by atoms with Crippen molar-refractivity contribution in [2.75, 3.05) is 0 Å². The zero-order chi connectivity index (χ0) is 15.9. The summed E-state index contributed by atoms with van der Waals surface area (Å²) in [6, 6.07) is 16.9. The highest BCUT2D eigenvalue weighted by atomic mass is 14.7. The Morgan fingerprint density at radius 2 is 0.864 bits per heavy atom. The Labute approximate surface area is 131 Å². The van der Waals surface area contributed by atoms with Gasteiger partial charge in [0.05, 0.1) is 12.8 Å². The summed E-state index contributed by atoms with van der Waals surface area (Å²) in [6.07, 6.45) is 3.27. The summed E-state index contributed by atoms with van der Waals surface area (Å²) in [4.78, 5) is 0. The Bertz CT molecular complexity index is 582. The molecule has 4 heteroatoms. The zero-order valence-corrected chi connectivity index (χ0v) is 12.8. The third kappa shape index (κ3) is 5.05. The van der Waals surface area contributed by atoms with E-state index in [1.165, 1.54) is 11.1 Å². The van der Waals surface area contributed by atoms with E-state index in [4.69, 9.17) is 22.3 Å². The molecule has 2 rings (SSSR count). The van der Waals surface area contributed by atoms with E-state index in [9.17, 15) is 0 Å². The van der Waals surface area contributed by atoms with Crippen molar-refractivity contribution in [3.8, 4) is 0 Å². The SMILES string of the molecule is NC(=[NH2+])Cc1ccc(CCc2ccc(CC(N)=[NH2+])cc2)cc1. The first kappa shape index (κ1) is 15.8. The second kappa shape index (κ2) is 7.41. The van der Waals surface area contributed by atoms with Gasteiger partial charge in [-0.2, -0.15) is 0 Å². The third-order valence-corrected chi connectivity index (χ3v) is 3.56. The molecule has 22 heavy (non-hydrogen) atoms. The molecule has 4 nitrogen and oxygen atoms in total. The van der Waals surface area contributed by atoms with Crippen LogP contribution in [-0.4, -0.2) is 11.7 Å². The van der Waals surface area contributed by atoms with Gasteiger partial charge in [-0.15, -0.1) is 0 Å². The van der Waals surface area contributed by atoms with Crippen molar-refractivity contribution in [2.24, 2.45) is 11.5 Å². The van der Waals surface area contributed by atoms with Gasteiger partial charge in [-0.25, -0.2) is 0 Å². The Hall–Kier alpha value is -2.62. The lowest BCUT2D eigenvalue weighted by atomic mass is 10.0. The highest BCUT2D eigenvalue weighted by molar-refractivity contribution is 5.76. The fraction of sp³-hybridized carbons (Fsp3) is 0.222. The van der Waals surface area contributed by atoms with Crippen molar-refractivity contribution in [2.45, 2.75) is 25.7 Å². The van der Waals surface area contributed by atoms with Gasteiger partial charge in [0.1, 0.15) is 0 Å². The molecule has 0 aliphatic carbocycles. The molecule has 0 heterocycles. The number of aryl methyl sites for hydroxylation is 2. The molecule has 0 unspecified atom stereocenters. The minimum Gasteiger partial charge on any atom is -0.291 e. The summed E-state index contributed by atoms with van der Waals surface area (Å²) < 4.78 is 0. The van der Waals surface area contributed by atoms with Gasteiger partial charge in [0.15, 0.2) is 0 Å². The van der Waals surface area contributed by atoms with Crippen LogP contribution in [0.3, 0.4) is 0 Å². The van der Waals surface area contributed by atoms with Gasteiger partial charge in [-0.05, 0) is 35.1 Å². The van der Waals surface area contributed by atoms with Crippen LogP contribution in [0, 0.1) is 0 Å². The Kier molecular flexibility index (Phi) is 5.31. The molecule has 0 atom stereocenters. The second-order valence-corrected chi connectivity index (χ2v) is 5.64. The first-order valence-corrected chi connectivity index (χ1v) is 7.42. The molecule has 2 aromatic rings. The number of amidine groups is 2. The lowest BCUT2D eigenvalue weighted by Gasteiger charge is -2.05. The molecule has 8 N–H and O–H groups in total. The summed E-state index contributed by atoms with van der Waals surface area (Å²) >= 11 is 0. The van der Waals surface area contributed by atoms with E-state index in [2.05, 4.69) is 48.5 Å². The largest absolute Gasteiger partial charge is 0.291 e. The van der Waals surface area contributed by atoms with E-state index >= 15 is 0 Å². The maximum Gasteiger partial charge on any atom is 0.242 e. The highest BCUT2D eigenvalue weighted by Crippen LogP contribution is 2.11. The van der Waals surface area contributed by atoms with Gasteiger partial charge in [-0.1, -0.05) is 48.5 Å². The second-order valence-electron chi connectivity index (χ2n) is 5.64. The van der Waals surface area contributed by atoms with Crippen molar-refractivity contribution in [1.82, 2.24) is 0 Å². The minimum absolute atomic E-state index is 0.447. The molecule has 0 spiro atoms. The molecule has 114 valence electrons. The summed E-state index contributed by atoms with van der Waals surface area (Å²) in [5, 5.41) is 11.0. The van der Waals surface area contributed by atoms with Crippen molar-refractivity contribution in [1.29, 1.82) is 0 Å². The van der Waals surface area contributed by atoms with Crippen LogP contribution < -0.4 is 22.3 Å². The summed E-state index contributed by atoms with van der Waals surface area (Å²) in [5.74, 6) is 0.895. The zero-order valence-electron chi connectivity index (χ0n) is 12.8. The third-order valence-electron chi connectivity index (χ3n) is 3.56. The topological polar surface area (TPSA) is 103 Å². The van der Waals surface area contributed by atoms with E-state index in [0.29, 0.717) is 24.5 Å². The maximum atomic E-state index is 5.52. The van der Waals surface area contributed by atoms with Crippen LogP contribution >= 0.6 is 0 Å². The van der Waals surface area contributed by atoms with Gasteiger partial charge >= 0.3 is 0 Å². The number of hydrogen-bond acceptors (Lipinski definition) is 0. The van der Waals surface area contributed by atoms with Crippen molar-refractivity contribution >= 4 is 11.7 Å². The fourth-order valence-electron chi connectivity index (χ4n) is 2.41. The molecule has 0 aromatic heterocycles. The van der Waals surface area contributed by atoms with Gasteiger partial charge < -0.3 is 0 Å². The van der Waals surface area contributed by atoms with Crippen LogP contribution in [0.25, 0.3) is 0 Å². The number of hydrogen-bond donors (Lipinski definition) is 4. The molecule has 0 saturated heterocycles. The first-order valence-electron chi connectivity index (χ1n) is 7.42. The Morgan fingerprint density at radius 3 is 1.14 bits per heavy atom. The predicted molar refractivity (Wildman–Crippen MR) is 89.9 cm³/mol. The molecular weight excluding hydrogens is 272 g/mol. The number of nitrogens with two attached hydrogens (primary N) is 4. The molecule has 0 aliphatic rings. The minimum atomic E-state index is 0.447. The molecule has 0 radical (unpaired) electrons. The van der Waals surface area contributed by atoms with E-state index in [-0.39, 0.29) is 0 Å². The molecule has 0 fully saturated rings. The van der Waals surface area contributed by atoms with Gasteiger partial charge in [-0.3, -0.25) is 22.3 Å². The lowest BCUT2D eigenvalue weighted by molar-refractivity contribution is -0.118. The lowest BCUT2D eigenvalue weighted by Crippen LogP contribution is -2.46. The van der Waals surface area contributed by atoms with Crippen LogP contribution in [0.5, 0.6) is 0 Å². The van der Waals surface area contributed by atoms with Crippen molar-refractivity contribution < 1.29 is 10.8 Å². The summed E-state index contributed by atoms with van der Waals surface area (Å²) in [7, 11) is 0. The van der Waals surface area contributed by atoms with Gasteiger partial charge in [0, 0.05) is 0 Å². The average Bonchev–Trinajstić information content (AvgIpc) is 2.47. The van der Waals surface area contributed by atoms with Gasteiger partial charge in [0.25, 0.3) is 0 Å². The summed E-state index contributed by atoms with van der Waals surface area (Å²) in [6.45, 7) is 0. The predicted octanol–water partition coefficient (Wildman–Crippen LogP) is -1.21. The summed E-state index contributed by atoms with van der Waals surface area (Å²) in [5.41, 5.74) is 15.9. The van der Waals surface area contributed by atoms with E-state index in [0.717, 1.165) is 24.0 Å². The Balaban J connectivity index is 1.89. The monoisotopic (exact) mass is 296 g/mol. The Morgan fingerprint density at radius 1 is 0.591 bits per heavy atom. The highest BCUT2D eigenvalue weighted by Gasteiger charge is 2.02. The van der Waals surface area contributed by atoms with Gasteiger partial charge in [0.2, 0.25) is 11.7 Å². The van der Waals surface area contributed by atoms with Crippen LogP contribution in [0.1, 0.15) is 22.3 Å². The number of rotatable bonds is 7. The van der Waals surface area contributed by atoms with Crippen molar-refractivity contribution in [3.63, 3.8) is 0 Å². The van der Waals surface area contributed by atoms with E-state index in [1.54, 1.807) is 0 Å². The van der Waals surface area contributed by atoms with Crippen LogP contribution in [0.4, 0.5) is 0 Å². The smallest absolute Gasteiger partial charge is 0.242 e. The fourth-order valence-corrected chi connectivity index (χ4v) is 2.41. The maximum absolute atomic E-state index is 5.52. The van der Waals surface area contributed by atoms with Crippen LogP contribution in [-0.2, 0) is 25.7 Å². The normalized spacial score (nSPS) is 10.4. The quantitative estimate of drug-likeness (QED) is 0.380. The van der Waals surface area contributed by atoms with Crippen molar-refractivity contribution in [3.05, 3.63) is 70.8 Å². The van der Waals surface area contributed by atoms with E-state index < -0.39 is 0 Å². The molecular formula is C18H24N4+2. The molecule has 2 aromatic carbocycles. The molecule has 0 amide bonds. The molecule has 0 aliphatic heterocycles. The first-order chi connectivity index (χ1) is 10.5. The van der Waals surface area contributed by atoms with E-state index in [1.807, 2.05) is 0 Å². The van der Waals surface area contributed by atoms with Crippen LogP contribution in [0.2, 0.25) is 0 Å². The van der Waals surface area contributed by atoms with Crippen LogP contribution in [0.15, 0.2) is 48.5 Å². The average molecular weight is 296 g/mol. The molecule has 0 saturated carbocycles. The standard InChI is InChI=1S/C18H22N4/c19-17(20)11-15-7-3-13(4-8-15)1-2-14-5-9-16(10-6-14)12-18(21)22/h3-10H,1-2,11-12H2,(H3,19,20)(H3,21,22)/p+2. The molecule has 0 bridgehead atoms.